The van der Waals surface area contributed by atoms with E-state index >= 15 is 0 Å². The second kappa shape index (κ2) is 6.66. The number of carbonyl (C=O) groups excluding carboxylic acids is 1. The normalized spacial score (nSPS) is 11.5. The smallest absolute Gasteiger partial charge is 0.252 e. The van der Waals surface area contributed by atoms with Crippen LogP contribution in [0.15, 0.2) is 49.1 Å². The first-order chi connectivity index (χ1) is 11.7. The van der Waals surface area contributed by atoms with Crippen molar-refractivity contribution >= 4 is 11.6 Å². The van der Waals surface area contributed by atoms with Crippen LogP contribution in [0.1, 0.15) is 29.1 Å². The molecule has 118 valence electrons. The molecular formula is C16H13N7O. The Morgan fingerprint density at radius 1 is 1.25 bits per heavy atom. The number of hydrogen-bond donors (Lipinski definition) is 1. The summed E-state index contributed by atoms with van der Waals surface area (Å²) in [6, 6.07) is 7.81. The highest BCUT2D eigenvalue weighted by atomic mass is 16.1. The molecule has 24 heavy (non-hydrogen) atoms. The Morgan fingerprint density at radius 3 is 2.79 bits per heavy atom. The highest BCUT2D eigenvalue weighted by molar-refractivity contribution is 5.95. The molecule has 1 N–H and O–H groups in total. The fourth-order valence-corrected chi connectivity index (χ4v) is 2.16. The molecule has 2 heterocycles. The monoisotopic (exact) mass is 319 g/mol. The van der Waals surface area contributed by atoms with Crippen molar-refractivity contribution in [3.05, 3.63) is 71.9 Å². The van der Waals surface area contributed by atoms with Crippen molar-refractivity contribution < 1.29 is 4.79 Å². The molecular weight excluding hydrogens is 306 g/mol. The maximum absolute atomic E-state index is 12.4. The lowest BCUT2D eigenvalue weighted by molar-refractivity contribution is 0.0938. The van der Waals surface area contributed by atoms with Gasteiger partial charge in [-0.05, 0) is 19.1 Å². The van der Waals surface area contributed by atoms with E-state index in [0.29, 0.717) is 23.0 Å². The fraction of sp³-hybridized carbons (Fsp3) is 0.125. The minimum absolute atomic E-state index is 0.295. The molecule has 0 spiro atoms. The number of carbonyl (C=O) groups is 1. The van der Waals surface area contributed by atoms with Gasteiger partial charge in [-0.3, -0.25) is 4.79 Å². The highest BCUT2D eigenvalue weighted by Gasteiger charge is 2.18. The maximum Gasteiger partial charge on any atom is 0.252 e. The molecule has 0 aliphatic carbocycles. The van der Waals surface area contributed by atoms with E-state index in [1.54, 1.807) is 49.6 Å². The van der Waals surface area contributed by atoms with Gasteiger partial charge < -0.3 is 5.32 Å². The fourth-order valence-electron chi connectivity index (χ4n) is 2.16. The van der Waals surface area contributed by atoms with Crippen molar-refractivity contribution in [1.29, 1.82) is 0 Å². The first-order valence-electron chi connectivity index (χ1n) is 7.14. The van der Waals surface area contributed by atoms with Crippen LogP contribution in [0.2, 0.25) is 0 Å². The average Bonchev–Trinajstić information content (AvgIpc) is 3.12. The zero-order valence-corrected chi connectivity index (χ0v) is 12.8. The topological polar surface area (TPSA) is 90.0 Å². The van der Waals surface area contributed by atoms with Crippen molar-refractivity contribution in [3.8, 4) is 5.95 Å². The van der Waals surface area contributed by atoms with Gasteiger partial charge in [0.25, 0.3) is 11.9 Å². The summed E-state index contributed by atoms with van der Waals surface area (Å²) in [5.74, 6) is 0.591. The number of nitrogens with zero attached hydrogens (tertiary/aromatic N) is 6. The van der Waals surface area contributed by atoms with Crippen LogP contribution in [-0.4, -0.2) is 30.6 Å². The summed E-state index contributed by atoms with van der Waals surface area (Å²) in [5, 5.41) is 6.94. The van der Waals surface area contributed by atoms with Crippen LogP contribution in [0.3, 0.4) is 0 Å². The van der Waals surface area contributed by atoms with Crippen molar-refractivity contribution in [2.45, 2.75) is 13.0 Å². The molecule has 3 rings (SSSR count). The van der Waals surface area contributed by atoms with Crippen LogP contribution in [-0.2, 0) is 0 Å². The van der Waals surface area contributed by atoms with Crippen LogP contribution in [0.25, 0.3) is 10.8 Å². The van der Waals surface area contributed by atoms with Crippen LogP contribution < -0.4 is 5.32 Å². The van der Waals surface area contributed by atoms with Gasteiger partial charge in [0, 0.05) is 18.0 Å². The lowest BCUT2D eigenvalue weighted by Gasteiger charge is -2.14. The number of hydrogen-bond acceptors (Lipinski definition) is 5. The predicted molar refractivity (Wildman–Crippen MR) is 85.5 cm³/mol. The van der Waals surface area contributed by atoms with E-state index in [2.05, 4.69) is 30.2 Å². The minimum atomic E-state index is -0.416. The predicted octanol–water partition coefficient (Wildman–Crippen LogP) is 2.10. The van der Waals surface area contributed by atoms with Gasteiger partial charge in [-0.2, -0.15) is 9.78 Å². The third-order valence-corrected chi connectivity index (χ3v) is 3.29. The minimum Gasteiger partial charge on any atom is -0.342 e. The molecule has 0 saturated heterocycles. The zero-order chi connectivity index (χ0) is 16.9. The Labute approximate surface area is 138 Å². The summed E-state index contributed by atoms with van der Waals surface area (Å²) in [6.07, 6.45) is 4.59. The molecule has 0 aliphatic rings. The summed E-state index contributed by atoms with van der Waals surface area (Å²) in [7, 11) is 0. The van der Waals surface area contributed by atoms with Crippen molar-refractivity contribution in [3.63, 3.8) is 0 Å². The molecule has 8 nitrogen and oxygen atoms in total. The lowest BCUT2D eigenvalue weighted by atomic mass is 10.1. The second-order valence-corrected chi connectivity index (χ2v) is 4.94. The zero-order valence-electron chi connectivity index (χ0n) is 12.8. The van der Waals surface area contributed by atoms with E-state index in [0.717, 1.165) is 0 Å². The van der Waals surface area contributed by atoms with E-state index < -0.39 is 6.04 Å². The SMILES string of the molecule is [C-]#[N+]c1cccc(C(=O)NC(C)c2ncnn2-c2ncccn2)c1. The number of rotatable bonds is 4. The third kappa shape index (κ3) is 3.10. The molecule has 0 saturated carbocycles. The molecule has 2 aromatic heterocycles. The Morgan fingerprint density at radius 2 is 2.04 bits per heavy atom. The first-order valence-corrected chi connectivity index (χ1v) is 7.14. The second-order valence-electron chi connectivity index (χ2n) is 4.94. The molecule has 1 unspecified atom stereocenters. The quantitative estimate of drug-likeness (QED) is 0.744. The van der Waals surface area contributed by atoms with E-state index in [4.69, 9.17) is 6.57 Å². The van der Waals surface area contributed by atoms with E-state index in [1.165, 1.54) is 11.0 Å². The van der Waals surface area contributed by atoms with Crippen LogP contribution >= 0.6 is 0 Å². The van der Waals surface area contributed by atoms with E-state index in [1.807, 2.05) is 0 Å². The molecule has 1 atom stereocenters. The number of amides is 1. The number of benzene rings is 1. The van der Waals surface area contributed by atoms with Crippen molar-refractivity contribution in [2.75, 3.05) is 0 Å². The van der Waals surface area contributed by atoms with Gasteiger partial charge in [-0.25, -0.2) is 19.8 Å². The largest absolute Gasteiger partial charge is 0.342 e. The summed E-state index contributed by atoms with van der Waals surface area (Å²) in [6.45, 7) is 8.81. The van der Waals surface area contributed by atoms with Crippen LogP contribution in [0.4, 0.5) is 5.69 Å². The summed E-state index contributed by atoms with van der Waals surface area (Å²) >= 11 is 0. The van der Waals surface area contributed by atoms with Crippen LogP contribution in [0, 0.1) is 6.57 Å². The van der Waals surface area contributed by atoms with E-state index in [9.17, 15) is 4.79 Å². The Bertz CT molecular complexity index is 898. The molecule has 1 amide bonds. The van der Waals surface area contributed by atoms with Gasteiger partial charge in [0.05, 0.1) is 12.6 Å². The van der Waals surface area contributed by atoms with Crippen molar-refractivity contribution in [1.82, 2.24) is 30.0 Å². The molecule has 0 bridgehead atoms. The average molecular weight is 319 g/mol. The standard InChI is InChI=1S/C16H13N7O/c1-11(22-15(24)12-5-3-6-13(9-12)17-2)14-20-10-21-23(14)16-18-7-4-8-19-16/h3-11H,1H3,(H,22,24). The van der Waals surface area contributed by atoms with Gasteiger partial charge >= 0.3 is 0 Å². The van der Waals surface area contributed by atoms with Gasteiger partial charge in [0.15, 0.2) is 11.5 Å². The maximum atomic E-state index is 12.4. The van der Waals surface area contributed by atoms with Crippen molar-refractivity contribution in [2.24, 2.45) is 0 Å². The molecule has 3 aromatic rings. The molecule has 0 fully saturated rings. The summed E-state index contributed by atoms with van der Waals surface area (Å²) < 4.78 is 1.47. The van der Waals surface area contributed by atoms with Gasteiger partial charge in [-0.15, -0.1) is 0 Å². The molecule has 0 aliphatic heterocycles. The van der Waals surface area contributed by atoms with Gasteiger partial charge in [0.1, 0.15) is 6.33 Å². The Balaban J connectivity index is 1.81. The summed E-state index contributed by atoms with van der Waals surface area (Å²) in [4.78, 5) is 28.1. The first kappa shape index (κ1) is 15.3. The van der Waals surface area contributed by atoms with Crippen LogP contribution in [0.5, 0.6) is 0 Å². The molecule has 8 heteroatoms. The van der Waals surface area contributed by atoms with E-state index in [-0.39, 0.29) is 5.91 Å². The Kier molecular flexibility index (Phi) is 4.25. The van der Waals surface area contributed by atoms with Gasteiger partial charge in [0.2, 0.25) is 0 Å². The molecule has 1 aromatic carbocycles. The number of aromatic nitrogens is 5. The summed E-state index contributed by atoms with van der Waals surface area (Å²) in [5.41, 5.74) is 0.827. The van der Waals surface area contributed by atoms with Gasteiger partial charge in [-0.1, -0.05) is 18.2 Å². The third-order valence-electron chi connectivity index (χ3n) is 3.29. The molecule has 0 radical (unpaired) electrons. The number of nitrogens with one attached hydrogen (secondary N) is 1. The lowest BCUT2D eigenvalue weighted by Crippen LogP contribution is -2.29. The Hall–Kier alpha value is -3.60. The highest BCUT2D eigenvalue weighted by Crippen LogP contribution is 2.16.